The number of oxazole rings is 1. The van der Waals surface area contributed by atoms with E-state index in [2.05, 4.69) is 4.98 Å². The van der Waals surface area contributed by atoms with Crippen LogP contribution in [-0.2, 0) is 0 Å². The zero-order chi connectivity index (χ0) is 4.15. The van der Waals surface area contributed by atoms with E-state index in [-0.39, 0.29) is 0 Å². The van der Waals surface area contributed by atoms with Crippen LogP contribution in [0.5, 0.6) is 0 Å². The van der Waals surface area contributed by atoms with Crippen LogP contribution in [0.25, 0.3) is 11.6 Å². The fraction of sp³-hybridized carbons (Fsp3) is 0.250. The zero-order valence-corrected chi connectivity index (χ0v) is 3.36. The summed E-state index contributed by atoms with van der Waals surface area (Å²) in [4.78, 5) is 3.82. The molecule has 0 spiro atoms. The van der Waals surface area contributed by atoms with Crippen LogP contribution in [0.3, 0.4) is 0 Å². The predicted octanol–water partition coefficient (Wildman–Crippen LogP) is 0.963. The molecule has 0 saturated heterocycles. The third-order valence-electron chi connectivity index (χ3n) is 0.949. The first-order chi connectivity index (χ1) is 2.88. The maximum Gasteiger partial charge on any atom is 0.249 e. The molecule has 0 aromatic heterocycles. The Kier molecular flexibility index (Phi) is 0.166. The van der Waals surface area contributed by atoms with Gasteiger partial charge in [0.05, 0.1) is 0 Å². The molecule has 0 atom stereocenters. The van der Waals surface area contributed by atoms with E-state index in [4.69, 9.17) is 4.42 Å². The highest BCUT2D eigenvalue weighted by Crippen LogP contribution is 2.35. The van der Waals surface area contributed by atoms with Crippen LogP contribution < -0.4 is 0 Å². The Morgan fingerprint density at radius 2 is 2.50 bits per heavy atom. The molecule has 0 N–H and O–H groups in total. The van der Waals surface area contributed by atoms with Crippen molar-refractivity contribution in [2.75, 3.05) is 0 Å². The lowest BCUT2D eigenvalue weighted by molar-refractivity contribution is 0.517. The van der Waals surface area contributed by atoms with Gasteiger partial charge in [0.2, 0.25) is 5.89 Å². The van der Waals surface area contributed by atoms with Crippen molar-refractivity contribution in [1.82, 2.24) is 4.98 Å². The van der Waals surface area contributed by atoms with Crippen LogP contribution in [-0.4, -0.2) is 4.98 Å². The molecule has 2 nitrogen and oxygen atoms in total. The van der Waals surface area contributed by atoms with E-state index in [1.807, 2.05) is 6.92 Å². The minimum Gasteiger partial charge on any atom is -0.439 e. The zero-order valence-electron chi connectivity index (χ0n) is 3.36. The van der Waals surface area contributed by atoms with Crippen LogP contribution in [0.1, 0.15) is 5.76 Å². The highest BCUT2D eigenvalue weighted by molar-refractivity contribution is 5.65. The highest BCUT2D eigenvalue weighted by Gasteiger charge is 2.27. The van der Waals surface area contributed by atoms with Crippen molar-refractivity contribution in [2.45, 2.75) is 6.92 Å². The van der Waals surface area contributed by atoms with Gasteiger partial charge in [-0.1, -0.05) is 0 Å². The summed E-state index contributed by atoms with van der Waals surface area (Å²) in [6, 6.07) is 0. The smallest absolute Gasteiger partial charge is 0.249 e. The molecule has 0 aliphatic carbocycles. The molecule has 0 saturated carbocycles. The Balaban J connectivity index is 2.83. The van der Waals surface area contributed by atoms with Crippen molar-refractivity contribution in [1.29, 1.82) is 0 Å². The molecule has 0 radical (unpaired) electrons. The minimum atomic E-state index is 0.854. The monoisotopic (exact) mass is 81.0 g/mol. The summed E-state index contributed by atoms with van der Waals surface area (Å²) < 4.78 is 4.84. The Bertz CT molecular complexity index is 189. The van der Waals surface area contributed by atoms with E-state index in [0.717, 1.165) is 17.3 Å². The van der Waals surface area contributed by atoms with Crippen LogP contribution in [0.15, 0.2) is 4.42 Å². The van der Waals surface area contributed by atoms with Gasteiger partial charge in [0.25, 0.3) is 0 Å². The van der Waals surface area contributed by atoms with Gasteiger partial charge in [-0.15, -0.1) is 0 Å². The first-order valence-corrected chi connectivity index (χ1v) is 1.86. The second-order valence-electron chi connectivity index (χ2n) is 1.42. The van der Waals surface area contributed by atoms with Gasteiger partial charge in [-0.05, 0) is 6.92 Å². The molecule has 2 heteroatoms. The van der Waals surface area contributed by atoms with Gasteiger partial charge in [-0.25, -0.2) is 4.98 Å². The van der Waals surface area contributed by atoms with Crippen LogP contribution >= 0.6 is 0 Å². The fourth-order valence-corrected chi connectivity index (χ4v) is 0.521. The lowest BCUT2D eigenvalue weighted by Crippen LogP contribution is -1.69. The molecule has 0 aromatic rings. The lowest BCUT2D eigenvalue weighted by Gasteiger charge is -1.86. The van der Waals surface area contributed by atoms with E-state index in [1.54, 1.807) is 0 Å². The standard InChI is InChI=1S/C4H3NO/c1-2-3-4(5-3)6-2/h1H3. The van der Waals surface area contributed by atoms with Crippen molar-refractivity contribution in [3.63, 3.8) is 0 Å². The van der Waals surface area contributed by atoms with Crippen molar-refractivity contribution in [3.05, 3.63) is 5.76 Å². The average molecular weight is 81.1 g/mol. The van der Waals surface area contributed by atoms with Gasteiger partial charge in [0, 0.05) is 0 Å². The second-order valence-corrected chi connectivity index (χ2v) is 1.42. The molecule has 0 amide bonds. The van der Waals surface area contributed by atoms with E-state index in [9.17, 15) is 0 Å². The molecule has 0 aromatic carbocycles. The van der Waals surface area contributed by atoms with Crippen LogP contribution in [0.2, 0.25) is 0 Å². The number of hydrogen-bond acceptors (Lipinski definition) is 2. The third-order valence-corrected chi connectivity index (χ3v) is 0.949. The number of fused-ring (bicyclic) bond motifs is 1. The Hall–Kier alpha value is -0.790. The van der Waals surface area contributed by atoms with Crippen LogP contribution in [0.4, 0.5) is 0 Å². The highest BCUT2D eigenvalue weighted by atomic mass is 16.4. The Morgan fingerprint density at radius 1 is 1.67 bits per heavy atom. The van der Waals surface area contributed by atoms with E-state index in [0.29, 0.717) is 0 Å². The summed E-state index contributed by atoms with van der Waals surface area (Å²) in [5, 5.41) is 0. The molecule has 0 fully saturated rings. The largest absolute Gasteiger partial charge is 0.439 e. The topological polar surface area (TPSA) is 26.0 Å². The van der Waals surface area contributed by atoms with Crippen molar-refractivity contribution < 1.29 is 4.42 Å². The predicted molar refractivity (Wildman–Crippen MR) is 20.2 cm³/mol. The molecule has 6 heavy (non-hydrogen) atoms. The van der Waals surface area contributed by atoms with Crippen molar-refractivity contribution in [2.24, 2.45) is 0 Å². The Morgan fingerprint density at radius 3 is 2.50 bits per heavy atom. The quantitative estimate of drug-likeness (QED) is 0.472. The number of aromatic nitrogens is 1. The van der Waals surface area contributed by atoms with Gasteiger partial charge >= 0.3 is 0 Å². The number of aryl methyl sites for hydroxylation is 1. The molecule has 2 aliphatic rings. The molecule has 2 heterocycles. The molecular weight excluding hydrogens is 78.0 g/mol. The van der Waals surface area contributed by atoms with E-state index >= 15 is 0 Å². The summed E-state index contributed by atoms with van der Waals surface area (Å²) in [5.74, 6) is 1.83. The van der Waals surface area contributed by atoms with Crippen molar-refractivity contribution >= 4 is 0 Å². The normalized spacial score (nSPS) is 12.2. The minimum absolute atomic E-state index is 0.854. The summed E-state index contributed by atoms with van der Waals surface area (Å²) >= 11 is 0. The second kappa shape index (κ2) is 0.416. The first-order valence-electron chi connectivity index (χ1n) is 1.86. The van der Waals surface area contributed by atoms with E-state index in [1.165, 1.54) is 0 Å². The molecule has 2 rings (SSSR count). The lowest BCUT2D eigenvalue weighted by atomic mass is 10.4. The SMILES string of the molecule is Cc1oc2nc1-2. The molecule has 0 unspecified atom stereocenters. The maximum absolute atomic E-state index is 4.84. The van der Waals surface area contributed by atoms with E-state index < -0.39 is 0 Å². The maximum atomic E-state index is 4.84. The Labute approximate surface area is 34.8 Å². The number of rotatable bonds is 0. The van der Waals surface area contributed by atoms with Gasteiger partial charge in [-0.2, -0.15) is 0 Å². The van der Waals surface area contributed by atoms with Gasteiger partial charge in [0.1, 0.15) is 5.76 Å². The summed E-state index contributed by atoms with van der Waals surface area (Å²) in [6.07, 6.45) is 0. The van der Waals surface area contributed by atoms with Gasteiger partial charge in [-0.3, -0.25) is 0 Å². The molecular formula is C4H3NO. The summed E-state index contributed by atoms with van der Waals surface area (Å²) in [7, 11) is 0. The number of nitrogens with zero attached hydrogens (tertiary/aromatic N) is 1. The summed E-state index contributed by atoms with van der Waals surface area (Å²) in [5.41, 5.74) is 1.09. The third kappa shape index (κ3) is 0.0898. The molecule has 30 valence electrons. The van der Waals surface area contributed by atoms with Crippen LogP contribution in [0, 0.1) is 6.92 Å². The fourth-order valence-electron chi connectivity index (χ4n) is 0.521. The van der Waals surface area contributed by atoms with Gasteiger partial charge < -0.3 is 4.42 Å². The number of hydrogen-bond donors (Lipinski definition) is 0. The molecule has 0 bridgehead atoms. The summed E-state index contributed by atoms with van der Waals surface area (Å²) in [6.45, 7) is 1.91. The average Bonchev–Trinajstić information content (AvgIpc) is 2.12. The molecule has 2 aliphatic heterocycles. The van der Waals surface area contributed by atoms with Crippen molar-refractivity contribution in [3.8, 4) is 11.6 Å². The van der Waals surface area contributed by atoms with Gasteiger partial charge in [0.15, 0.2) is 5.69 Å². The first kappa shape index (κ1) is 2.39.